The number of benzene rings is 2. The minimum Gasteiger partial charge on any atom is -0.478 e. The lowest BCUT2D eigenvalue weighted by molar-refractivity contribution is -0.131. The van der Waals surface area contributed by atoms with E-state index in [9.17, 15) is 9.59 Å². The van der Waals surface area contributed by atoms with Crippen molar-refractivity contribution in [3.63, 3.8) is 0 Å². The molecule has 0 aliphatic rings. The zero-order chi connectivity index (χ0) is 15.9. The van der Waals surface area contributed by atoms with Gasteiger partial charge in [0.1, 0.15) is 11.5 Å². The molecule has 0 heterocycles. The van der Waals surface area contributed by atoms with Gasteiger partial charge in [0.2, 0.25) is 5.91 Å². The Hall–Kier alpha value is -3.08. The Balaban J connectivity index is 1.96. The molecule has 0 saturated heterocycles. The summed E-state index contributed by atoms with van der Waals surface area (Å²) in [6.45, 7) is 2.00. The van der Waals surface area contributed by atoms with E-state index in [-0.39, 0.29) is 0 Å². The number of aliphatic carboxylic acids is 1. The average Bonchev–Trinajstić information content (AvgIpc) is 2.49. The SMILES string of the molecule is Cc1ccc(Oc2ccc(NC(=O)/C=C\C(=O)O)cc2)cc1. The van der Waals surface area contributed by atoms with Crippen molar-refractivity contribution < 1.29 is 19.4 Å². The predicted molar refractivity (Wildman–Crippen MR) is 83.1 cm³/mol. The molecule has 2 N–H and O–H groups in total. The highest BCUT2D eigenvalue weighted by Gasteiger charge is 2.01. The Morgan fingerprint density at radius 1 is 0.955 bits per heavy atom. The highest BCUT2D eigenvalue weighted by Crippen LogP contribution is 2.23. The third kappa shape index (κ3) is 4.79. The van der Waals surface area contributed by atoms with Crippen LogP contribution in [0.25, 0.3) is 0 Å². The van der Waals surface area contributed by atoms with Crippen LogP contribution >= 0.6 is 0 Å². The molecule has 0 aliphatic carbocycles. The molecule has 2 aromatic carbocycles. The van der Waals surface area contributed by atoms with Crippen molar-refractivity contribution in [2.24, 2.45) is 0 Å². The van der Waals surface area contributed by atoms with Gasteiger partial charge >= 0.3 is 5.97 Å². The number of amides is 1. The first kappa shape index (κ1) is 15.3. The molecular weight excluding hydrogens is 282 g/mol. The highest BCUT2D eigenvalue weighted by molar-refractivity contribution is 6.02. The molecule has 0 radical (unpaired) electrons. The zero-order valence-corrected chi connectivity index (χ0v) is 11.9. The van der Waals surface area contributed by atoms with Gasteiger partial charge in [0.25, 0.3) is 0 Å². The van der Waals surface area contributed by atoms with Crippen molar-refractivity contribution in [1.29, 1.82) is 0 Å². The number of aryl methyl sites for hydroxylation is 1. The molecule has 0 unspecified atom stereocenters. The van der Waals surface area contributed by atoms with Crippen LogP contribution in [0.3, 0.4) is 0 Å². The van der Waals surface area contributed by atoms with Crippen LogP contribution < -0.4 is 10.1 Å². The third-order valence-corrected chi connectivity index (χ3v) is 2.76. The first-order chi connectivity index (χ1) is 10.5. The van der Waals surface area contributed by atoms with Crippen molar-refractivity contribution in [3.8, 4) is 11.5 Å². The van der Waals surface area contributed by atoms with Gasteiger partial charge in [-0.1, -0.05) is 17.7 Å². The van der Waals surface area contributed by atoms with Gasteiger partial charge in [0, 0.05) is 17.8 Å². The molecule has 0 saturated carbocycles. The maximum Gasteiger partial charge on any atom is 0.328 e. The molecule has 5 nitrogen and oxygen atoms in total. The Morgan fingerprint density at radius 3 is 2.05 bits per heavy atom. The van der Waals surface area contributed by atoms with E-state index >= 15 is 0 Å². The third-order valence-electron chi connectivity index (χ3n) is 2.76. The fraction of sp³-hybridized carbons (Fsp3) is 0.0588. The number of rotatable bonds is 5. The number of ether oxygens (including phenoxy) is 1. The van der Waals surface area contributed by atoms with Crippen LogP contribution in [0.1, 0.15) is 5.56 Å². The van der Waals surface area contributed by atoms with E-state index in [2.05, 4.69) is 5.32 Å². The summed E-state index contributed by atoms with van der Waals surface area (Å²) in [5.74, 6) is -0.304. The summed E-state index contributed by atoms with van der Waals surface area (Å²) in [7, 11) is 0. The van der Waals surface area contributed by atoms with Crippen molar-refractivity contribution in [1.82, 2.24) is 0 Å². The van der Waals surface area contributed by atoms with Crippen LogP contribution in [0.5, 0.6) is 11.5 Å². The lowest BCUT2D eigenvalue weighted by Gasteiger charge is -2.07. The number of carboxylic acids is 1. The van der Waals surface area contributed by atoms with Gasteiger partial charge in [-0.3, -0.25) is 4.79 Å². The number of hydrogen-bond acceptors (Lipinski definition) is 3. The summed E-state index contributed by atoms with van der Waals surface area (Å²) in [6.07, 6.45) is 1.74. The van der Waals surface area contributed by atoms with Crippen molar-refractivity contribution in [2.45, 2.75) is 6.92 Å². The number of carboxylic acid groups (broad SMARTS) is 1. The number of carbonyl (C=O) groups excluding carboxylic acids is 1. The summed E-state index contributed by atoms with van der Waals surface area (Å²) < 4.78 is 5.67. The van der Waals surface area contributed by atoms with E-state index in [0.29, 0.717) is 11.4 Å². The molecule has 1 amide bonds. The molecule has 0 spiro atoms. The highest BCUT2D eigenvalue weighted by atomic mass is 16.5. The number of anilines is 1. The average molecular weight is 297 g/mol. The molecule has 5 heteroatoms. The Bertz CT molecular complexity index is 688. The van der Waals surface area contributed by atoms with Gasteiger partial charge in [0.05, 0.1) is 0 Å². The molecule has 0 aliphatic heterocycles. The topological polar surface area (TPSA) is 75.6 Å². The maximum atomic E-state index is 11.4. The van der Waals surface area contributed by atoms with Crippen molar-refractivity contribution in [2.75, 3.05) is 5.32 Å². The van der Waals surface area contributed by atoms with Gasteiger partial charge in [-0.25, -0.2) is 4.79 Å². The fourth-order valence-corrected chi connectivity index (χ4v) is 1.68. The minimum absolute atomic E-state index is 0.505. The molecule has 0 bridgehead atoms. The molecule has 2 rings (SSSR count). The summed E-state index contributed by atoms with van der Waals surface area (Å²) >= 11 is 0. The standard InChI is InChI=1S/C17H15NO4/c1-12-2-6-14(7-3-12)22-15-8-4-13(5-9-15)18-16(19)10-11-17(20)21/h2-11H,1H3,(H,18,19)(H,20,21)/b11-10-. The van der Waals surface area contributed by atoms with E-state index in [1.54, 1.807) is 24.3 Å². The van der Waals surface area contributed by atoms with Crippen LogP contribution in [-0.4, -0.2) is 17.0 Å². The fourth-order valence-electron chi connectivity index (χ4n) is 1.68. The lowest BCUT2D eigenvalue weighted by Crippen LogP contribution is -2.08. The van der Waals surface area contributed by atoms with Gasteiger partial charge in [-0.2, -0.15) is 0 Å². The summed E-state index contributed by atoms with van der Waals surface area (Å²) in [4.78, 5) is 21.7. The Labute approximate surface area is 127 Å². The number of hydrogen-bond donors (Lipinski definition) is 2. The predicted octanol–water partition coefficient (Wildman–Crippen LogP) is 3.37. The quantitative estimate of drug-likeness (QED) is 0.830. The molecule has 0 fully saturated rings. The second-order valence-electron chi connectivity index (χ2n) is 4.60. The second-order valence-corrected chi connectivity index (χ2v) is 4.60. The van der Waals surface area contributed by atoms with E-state index in [4.69, 9.17) is 9.84 Å². The first-order valence-electron chi connectivity index (χ1n) is 6.59. The van der Waals surface area contributed by atoms with Gasteiger partial charge < -0.3 is 15.2 Å². The van der Waals surface area contributed by atoms with Crippen LogP contribution in [0.15, 0.2) is 60.7 Å². The van der Waals surface area contributed by atoms with Crippen LogP contribution in [0.2, 0.25) is 0 Å². The van der Waals surface area contributed by atoms with Gasteiger partial charge in [-0.05, 0) is 43.3 Å². The molecule has 0 atom stereocenters. The van der Waals surface area contributed by atoms with E-state index < -0.39 is 11.9 Å². The van der Waals surface area contributed by atoms with Crippen molar-refractivity contribution >= 4 is 17.6 Å². The Kier molecular flexibility index (Phi) is 4.93. The zero-order valence-electron chi connectivity index (χ0n) is 11.9. The normalized spacial score (nSPS) is 10.4. The number of nitrogens with one attached hydrogen (secondary N) is 1. The molecule has 22 heavy (non-hydrogen) atoms. The van der Waals surface area contributed by atoms with Gasteiger partial charge in [-0.15, -0.1) is 0 Å². The monoisotopic (exact) mass is 297 g/mol. The lowest BCUT2D eigenvalue weighted by atomic mass is 10.2. The summed E-state index contributed by atoms with van der Waals surface area (Å²) in [5, 5.41) is 11.0. The van der Waals surface area contributed by atoms with E-state index in [1.807, 2.05) is 31.2 Å². The number of carbonyl (C=O) groups is 2. The second kappa shape index (κ2) is 7.08. The summed E-state index contributed by atoms with van der Waals surface area (Å²) in [5.41, 5.74) is 1.70. The molecule has 0 aromatic heterocycles. The Morgan fingerprint density at radius 2 is 1.50 bits per heavy atom. The van der Waals surface area contributed by atoms with Crippen LogP contribution in [0.4, 0.5) is 5.69 Å². The molecule has 112 valence electrons. The van der Waals surface area contributed by atoms with Crippen LogP contribution in [-0.2, 0) is 9.59 Å². The first-order valence-corrected chi connectivity index (χ1v) is 6.59. The smallest absolute Gasteiger partial charge is 0.328 e. The minimum atomic E-state index is -1.17. The van der Waals surface area contributed by atoms with Gasteiger partial charge in [0.15, 0.2) is 0 Å². The maximum absolute atomic E-state index is 11.4. The van der Waals surface area contributed by atoms with Crippen molar-refractivity contribution in [3.05, 3.63) is 66.2 Å². The summed E-state index contributed by atoms with van der Waals surface area (Å²) in [6, 6.07) is 14.5. The van der Waals surface area contributed by atoms with Crippen LogP contribution in [0, 0.1) is 6.92 Å². The van der Waals surface area contributed by atoms with E-state index in [0.717, 1.165) is 23.5 Å². The largest absolute Gasteiger partial charge is 0.478 e. The van der Waals surface area contributed by atoms with E-state index in [1.165, 1.54) is 0 Å². The molecular formula is C17H15NO4. The molecule has 2 aromatic rings.